The van der Waals surface area contributed by atoms with Crippen LogP contribution >= 0.6 is 0 Å². The molecule has 1 N–H and O–H groups in total. The summed E-state index contributed by atoms with van der Waals surface area (Å²) in [5.74, 6) is -0.172. The zero-order chi connectivity index (χ0) is 13.4. The van der Waals surface area contributed by atoms with Crippen molar-refractivity contribution in [3.8, 4) is 17.1 Å². The third-order valence-electron chi connectivity index (χ3n) is 2.85. The van der Waals surface area contributed by atoms with E-state index in [1.807, 2.05) is 6.07 Å². The van der Waals surface area contributed by atoms with Crippen molar-refractivity contribution in [2.75, 3.05) is 7.11 Å². The Balaban J connectivity index is 2.17. The molecule has 96 valence electrons. The van der Waals surface area contributed by atoms with Gasteiger partial charge in [0.2, 0.25) is 0 Å². The number of imidazole rings is 1. The number of fused-ring (bicyclic) bond motifs is 1. The van der Waals surface area contributed by atoms with Gasteiger partial charge in [-0.2, -0.15) is 0 Å². The number of nitrogens with zero attached hydrogens (tertiary/aromatic N) is 1. The van der Waals surface area contributed by atoms with Crippen molar-refractivity contribution in [2.24, 2.45) is 0 Å². The number of halogens is 2. The maximum Gasteiger partial charge on any atom is 0.153 e. The highest BCUT2D eigenvalue weighted by atomic mass is 19.1. The number of aromatic amines is 1. The maximum absolute atomic E-state index is 13.6. The predicted octanol–water partition coefficient (Wildman–Crippen LogP) is 3.52. The molecule has 1 aromatic heterocycles. The van der Waals surface area contributed by atoms with Crippen molar-refractivity contribution in [3.63, 3.8) is 0 Å². The summed E-state index contributed by atoms with van der Waals surface area (Å²) in [4.78, 5) is 7.04. The highest BCUT2D eigenvalue weighted by molar-refractivity contribution is 5.80. The van der Waals surface area contributed by atoms with E-state index < -0.39 is 11.6 Å². The van der Waals surface area contributed by atoms with Crippen LogP contribution in [0.4, 0.5) is 8.78 Å². The predicted molar refractivity (Wildman–Crippen MR) is 68.0 cm³/mol. The number of aromatic nitrogens is 2. The van der Waals surface area contributed by atoms with Gasteiger partial charge in [0, 0.05) is 11.6 Å². The summed E-state index contributed by atoms with van der Waals surface area (Å²) >= 11 is 0. The third-order valence-corrected chi connectivity index (χ3v) is 2.85. The first-order chi connectivity index (χ1) is 9.17. The first-order valence-corrected chi connectivity index (χ1v) is 5.66. The van der Waals surface area contributed by atoms with Crippen LogP contribution < -0.4 is 4.74 Å². The highest BCUT2D eigenvalue weighted by Gasteiger charge is 2.11. The zero-order valence-electron chi connectivity index (χ0n) is 10.1. The molecule has 0 atom stereocenters. The van der Waals surface area contributed by atoms with Crippen LogP contribution in [0.1, 0.15) is 0 Å². The Morgan fingerprint density at radius 2 is 2.00 bits per heavy atom. The topological polar surface area (TPSA) is 37.9 Å². The van der Waals surface area contributed by atoms with Crippen LogP contribution in [0.25, 0.3) is 22.4 Å². The van der Waals surface area contributed by atoms with E-state index in [0.29, 0.717) is 17.1 Å². The molecule has 0 aliphatic heterocycles. The van der Waals surface area contributed by atoms with Crippen LogP contribution in [0.2, 0.25) is 0 Å². The summed E-state index contributed by atoms with van der Waals surface area (Å²) < 4.78 is 31.8. The molecule has 3 aromatic rings. The number of rotatable bonds is 2. The number of hydrogen-bond donors (Lipinski definition) is 1. The Morgan fingerprint density at radius 3 is 2.79 bits per heavy atom. The minimum atomic E-state index is -0.680. The average molecular weight is 260 g/mol. The molecule has 0 spiro atoms. The van der Waals surface area contributed by atoms with E-state index in [4.69, 9.17) is 4.74 Å². The molecule has 1 heterocycles. The van der Waals surface area contributed by atoms with Crippen LogP contribution in [0.15, 0.2) is 36.4 Å². The molecule has 3 nitrogen and oxygen atoms in total. The van der Waals surface area contributed by atoms with Crippen molar-refractivity contribution in [3.05, 3.63) is 48.0 Å². The number of nitrogens with one attached hydrogen (secondary N) is 1. The summed E-state index contributed by atoms with van der Waals surface area (Å²) in [5, 5.41) is 0. The molecule has 0 fully saturated rings. The molecule has 0 amide bonds. The molecular weight excluding hydrogens is 250 g/mol. The second kappa shape index (κ2) is 4.35. The fourth-order valence-corrected chi connectivity index (χ4v) is 1.95. The average Bonchev–Trinajstić information content (AvgIpc) is 2.83. The lowest BCUT2D eigenvalue weighted by atomic mass is 10.2. The minimum Gasteiger partial charge on any atom is -0.497 e. The number of benzene rings is 2. The van der Waals surface area contributed by atoms with Gasteiger partial charge in [-0.05, 0) is 18.2 Å². The second-order valence-corrected chi connectivity index (χ2v) is 4.10. The number of ether oxygens (including phenoxy) is 1. The first-order valence-electron chi connectivity index (χ1n) is 5.66. The van der Waals surface area contributed by atoms with Crippen LogP contribution in [0.3, 0.4) is 0 Å². The smallest absolute Gasteiger partial charge is 0.153 e. The summed E-state index contributed by atoms with van der Waals surface area (Å²) in [7, 11) is 1.56. The second-order valence-electron chi connectivity index (χ2n) is 4.10. The van der Waals surface area contributed by atoms with E-state index >= 15 is 0 Å². The van der Waals surface area contributed by atoms with Gasteiger partial charge in [-0.3, -0.25) is 0 Å². The number of methoxy groups -OCH3 is 1. The minimum absolute atomic E-state index is 0.124. The Bertz CT molecular complexity index is 752. The van der Waals surface area contributed by atoms with Crippen LogP contribution in [0.5, 0.6) is 5.75 Å². The normalized spacial score (nSPS) is 10.9. The molecule has 3 rings (SSSR count). The van der Waals surface area contributed by atoms with Gasteiger partial charge in [-0.25, -0.2) is 13.8 Å². The molecule has 0 radical (unpaired) electrons. The van der Waals surface area contributed by atoms with Crippen LogP contribution in [-0.2, 0) is 0 Å². The summed E-state index contributed by atoms with van der Waals surface area (Å²) in [6.07, 6.45) is 0. The van der Waals surface area contributed by atoms with Gasteiger partial charge in [0.15, 0.2) is 5.82 Å². The lowest BCUT2D eigenvalue weighted by molar-refractivity contribution is 0.415. The van der Waals surface area contributed by atoms with E-state index in [1.54, 1.807) is 25.3 Å². The van der Waals surface area contributed by atoms with Crippen molar-refractivity contribution in [1.82, 2.24) is 9.97 Å². The van der Waals surface area contributed by atoms with E-state index in [2.05, 4.69) is 9.97 Å². The summed E-state index contributed by atoms with van der Waals surface area (Å²) in [6, 6.07) is 9.22. The zero-order valence-corrected chi connectivity index (χ0v) is 10.1. The van der Waals surface area contributed by atoms with E-state index in [-0.39, 0.29) is 5.52 Å². The lowest BCUT2D eigenvalue weighted by Gasteiger charge is -2.01. The van der Waals surface area contributed by atoms with Gasteiger partial charge in [0.1, 0.15) is 22.9 Å². The van der Waals surface area contributed by atoms with Gasteiger partial charge in [-0.1, -0.05) is 12.1 Å². The van der Waals surface area contributed by atoms with Gasteiger partial charge in [0.05, 0.1) is 12.6 Å². The van der Waals surface area contributed by atoms with E-state index in [0.717, 1.165) is 11.6 Å². The molecule has 19 heavy (non-hydrogen) atoms. The fraction of sp³-hybridized carbons (Fsp3) is 0.0714. The van der Waals surface area contributed by atoms with Crippen molar-refractivity contribution >= 4 is 11.0 Å². The van der Waals surface area contributed by atoms with Gasteiger partial charge < -0.3 is 9.72 Å². The molecule has 2 aromatic carbocycles. The molecule has 0 unspecified atom stereocenters. The van der Waals surface area contributed by atoms with Gasteiger partial charge >= 0.3 is 0 Å². The first kappa shape index (κ1) is 11.6. The Morgan fingerprint density at radius 1 is 1.16 bits per heavy atom. The number of H-pyrrole nitrogens is 1. The molecule has 0 bridgehead atoms. The van der Waals surface area contributed by atoms with E-state index in [9.17, 15) is 8.78 Å². The molecule has 0 saturated heterocycles. The summed E-state index contributed by atoms with van der Waals surface area (Å²) in [5.41, 5.74) is 1.20. The highest BCUT2D eigenvalue weighted by Crippen LogP contribution is 2.25. The quantitative estimate of drug-likeness (QED) is 0.765. The lowest BCUT2D eigenvalue weighted by Crippen LogP contribution is -1.84. The van der Waals surface area contributed by atoms with Crippen LogP contribution in [-0.4, -0.2) is 17.1 Å². The SMILES string of the molecule is COc1cccc(-c2nc3c(F)cc(F)cc3[nH]2)c1. The van der Waals surface area contributed by atoms with Crippen molar-refractivity contribution in [2.45, 2.75) is 0 Å². The Labute approximate surface area is 107 Å². The number of hydrogen-bond acceptors (Lipinski definition) is 2. The largest absolute Gasteiger partial charge is 0.497 e. The molecular formula is C14H10F2N2O. The molecule has 0 saturated carbocycles. The van der Waals surface area contributed by atoms with Gasteiger partial charge in [-0.15, -0.1) is 0 Å². The summed E-state index contributed by atoms with van der Waals surface area (Å²) in [6.45, 7) is 0. The Hall–Kier alpha value is -2.43. The van der Waals surface area contributed by atoms with E-state index in [1.165, 1.54) is 6.07 Å². The van der Waals surface area contributed by atoms with Crippen molar-refractivity contribution in [1.29, 1.82) is 0 Å². The molecule has 0 aliphatic carbocycles. The maximum atomic E-state index is 13.6. The fourth-order valence-electron chi connectivity index (χ4n) is 1.95. The monoisotopic (exact) mass is 260 g/mol. The third kappa shape index (κ3) is 2.03. The van der Waals surface area contributed by atoms with Gasteiger partial charge in [0.25, 0.3) is 0 Å². The Kier molecular flexibility index (Phi) is 2.67. The standard InChI is InChI=1S/C14H10F2N2O/c1-19-10-4-2-3-8(5-10)14-17-12-7-9(15)6-11(16)13(12)18-14/h2-7H,1H3,(H,17,18). The molecule has 5 heteroatoms. The molecule has 0 aliphatic rings. The van der Waals surface area contributed by atoms with Crippen LogP contribution in [0, 0.1) is 11.6 Å². The van der Waals surface area contributed by atoms with Crippen molar-refractivity contribution < 1.29 is 13.5 Å².